The maximum atomic E-state index is 5.31. The first-order chi connectivity index (χ1) is 10.7. The van der Waals surface area contributed by atoms with Gasteiger partial charge in [0.25, 0.3) is 0 Å². The van der Waals surface area contributed by atoms with Crippen LogP contribution in [0, 0.1) is 0 Å². The Kier molecular flexibility index (Phi) is 4.11. The van der Waals surface area contributed by atoms with Crippen LogP contribution in [0.3, 0.4) is 0 Å². The van der Waals surface area contributed by atoms with Gasteiger partial charge < -0.3 is 14.4 Å². The zero-order valence-corrected chi connectivity index (χ0v) is 13.6. The summed E-state index contributed by atoms with van der Waals surface area (Å²) in [5, 5.41) is 0.963. The van der Waals surface area contributed by atoms with Crippen molar-refractivity contribution in [2.75, 3.05) is 26.2 Å². The Morgan fingerprint density at radius 1 is 1.14 bits per heavy atom. The SMILES string of the molecule is COc1cc(CN(C)c2nc3cnccc3s2)cc(OC)c1. The van der Waals surface area contributed by atoms with E-state index in [0.717, 1.165) is 39.0 Å². The molecule has 0 N–H and O–H groups in total. The number of benzene rings is 1. The number of anilines is 1. The fraction of sp³-hybridized carbons (Fsp3) is 0.250. The van der Waals surface area contributed by atoms with Crippen molar-refractivity contribution in [3.8, 4) is 11.5 Å². The molecule has 1 aromatic carbocycles. The highest BCUT2D eigenvalue weighted by atomic mass is 32.1. The predicted octanol–water partition coefficient (Wildman–Crippen LogP) is 3.34. The van der Waals surface area contributed by atoms with E-state index in [1.807, 2.05) is 31.3 Å². The van der Waals surface area contributed by atoms with E-state index < -0.39 is 0 Å². The third-order valence-corrected chi connectivity index (χ3v) is 4.49. The molecule has 0 saturated carbocycles. The molecule has 5 nitrogen and oxygen atoms in total. The highest BCUT2D eigenvalue weighted by Crippen LogP contribution is 2.29. The second kappa shape index (κ2) is 6.19. The van der Waals surface area contributed by atoms with Gasteiger partial charge in [-0.2, -0.15) is 0 Å². The maximum absolute atomic E-state index is 5.31. The fourth-order valence-electron chi connectivity index (χ4n) is 2.23. The van der Waals surface area contributed by atoms with E-state index in [9.17, 15) is 0 Å². The molecule has 0 atom stereocenters. The Bertz CT molecular complexity index is 733. The van der Waals surface area contributed by atoms with Crippen LogP contribution in [-0.4, -0.2) is 31.2 Å². The first-order valence-corrected chi connectivity index (χ1v) is 7.65. The van der Waals surface area contributed by atoms with Crippen molar-refractivity contribution >= 4 is 26.7 Å². The third kappa shape index (κ3) is 2.96. The molecular weight excluding hydrogens is 298 g/mol. The standard InChI is InChI=1S/C16H17N3O2S/c1-19(16-18-14-9-17-5-4-15(14)22-16)10-11-6-12(20-2)8-13(7-11)21-3/h4-9H,10H2,1-3H3. The lowest BCUT2D eigenvalue weighted by molar-refractivity contribution is 0.393. The number of rotatable bonds is 5. The van der Waals surface area contributed by atoms with Crippen LogP contribution in [0.1, 0.15) is 5.56 Å². The number of thiazole rings is 1. The second-order valence-electron chi connectivity index (χ2n) is 4.92. The molecule has 0 aliphatic carbocycles. The van der Waals surface area contributed by atoms with Crippen molar-refractivity contribution in [1.82, 2.24) is 9.97 Å². The summed E-state index contributed by atoms with van der Waals surface area (Å²) in [7, 11) is 5.34. The first kappa shape index (κ1) is 14.6. The molecule has 0 bridgehead atoms. The second-order valence-corrected chi connectivity index (χ2v) is 5.93. The van der Waals surface area contributed by atoms with Crippen LogP contribution >= 0.6 is 11.3 Å². The van der Waals surface area contributed by atoms with Crippen LogP contribution in [0.15, 0.2) is 36.7 Å². The molecule has 0 aliphatic heterocycles. The number of hydrogen-bond acceptors (Lipinski definition) is 6. The highest BCUT2D eigenvalue weighted by molar-refractivity contribution is 7.22. The lowest BCUT2D eigenvalue weighted by Crippen LogP contribution is -2.16. The summed E-state index contributed by atoms with van der Waals surface area (Å²) in [6.07, 6.45) is 3.58. The van der Waals surface area contributed by atoms with Gasteiger partial charge in [-0.15, -0.1) is 0 Å². The quantitative estimate of drug-likeness (QED) is 0.722. The molecule has 0 fully saturated rings. The van der Waals surface area contributed by atoms with Crippen LogP contribution in [0.25, 0.3) is 10.2 Å². The fourth-order valence-corrected chi connectivity index (χ4v) is 3.12. The molecule has 0 amide bonds. The molecule has 0 aliphatic rings. The maximum Gasteiger partial charge on any atom is 0.186 e. The van der Waals surface area contributed by atoms with E-state index in [2.05, 4.69) is 14.9 Å². The lowest BCUT2D eigenvalue weighted by Gasteiger charge is -2.17. The van der Waals surface area contributed by atoms with E-state index in [1.54, 1.807) is 38.0 Å². The molecule has 114 valence electrons. The number of methoxy groups -OCH3 is 2. The van der Waals surface area contributed by atoms with Crippen molar-refractivity contribution in [2.45, 2.75) is 6.54 Å². The van der Waals surface area contributed by atoms with Crippen LogP contribution in [0.5, 0.6) is 11.5 Å². The zero-order valence-electron chi connectivity index (χ0n) is 12.7. The van der Waals surface area contributed by atoms with Crippen LogP contribution < -0.4 is 14.4 Å². The monoisotopic (exact) mass is 315 g/mol. The largest absolute Gasteiger partial charge is 0.497 e. The van der Waals surface area contributed by atoms with Gasteiger partial charge in [0.15, 0.2) is 5.13 Å². The Balaban J connectivity index is 1.85. The first-order valence-electron chi connectivity index (χ1n) is 6.83. The number of pyridine rings is 1. The number of fused-ring (bicyclic) bond motifs is 1. The molecule has 6 heteroatoms. The van der Waals surface area contributed by atoms with Crippen LogP contribution in [0.2, 0.25) is 0 Å². The number of ether oxygens (including phenoxy) is 2. The molecule has 3 aromatic rings. The molecule has 0 unspecified atom stereocenters. The van der Waals surface area contributed by atoms with Gasteiger partial charge in [-0.25, -0.2) is 4.98 Å². The summed E-state index contributed by atoms with van der Waals surface area (Å²) in [6, 6.07) is 7.87. The zero-order chi connectivity index (χ0) is 15.5. The Labute approximate surface area is 133 Å². The van der Waals surface area contributed by atoms with Gasteiger partial charge in [-0.3, -0.25) is 4.98 Å². The van der Waals surface area contributed by atoms with Gasteiger partial charge in [0.05, 0.1) is 25.1 Å². The summed E-state index contributed by atoms with van der Waals surface area (Å²) in [6.45, 7) is 0.723. The number of aromatic nitrogens is 2. The van der Waals surface area contributed by atoms with Gasteiger partial charge in [-0.1, -0.05) is 11.3 Å². The van der Waals surface area contributed by atoms with Gasteiger partial charge in [-0.05, 0) is 23.8 Å². The highest BCUT2D eigenvalue weighted by Gasteiger charge is 2.10. The normalized spacial score (nSPS) is 10.7. The van der Waals surface area contributed by atoms with Gasteiger partial charge in [0.1, 0.15) is 17.0 Å². The topological polar surface area (TPSA) is 47.5 Å². The van der Waals surface area contributed by atoms with Crippen molar-refractivity contribution in [3.05, 3.63) is 42.2 Å². The van der Waals surface area contributed by atoms with Crippen molar-refractivity contribution in [1.29, 1.82) is 0 Å². The summed E-state index contributed by atoms with van der Waals surface area (Å²) in [5.41, 5.74) is 2.04. The summed E-state index contributed by atoms with van der Waals surface area (Å²) < 4.78 is 11.8. The smallest absolute Gasteiger partial charge is 0.186 e. The Morgan fingerprint density at radius 3 is 2.50 bits per heavy atom. The summed E-state index contributed by atoms with van der Waals surface area (Å²) >= 11 is 1.66. The molecule has 2 aromatic heterocycles. The van der Waals surface area contributed by atoms with Crippen molar-refractivity contribution in [2.24, 2.45) is 0 Å². The van der Waals surface area contributed by atoms with Crippen molar-refractivity contribution < 1.29 is 9.47 Å². The minimum atomic E-state index is 0.723. The van der Waals surface area contributed by atoms with E-state index in [1.165, 1.54) is 0 Å². The van der Waals surface area contributed by atoms with Gasteiger partial charge in [0.2, 0.25) is 0 Å². The molecule has 3 rings (SSSR count). The van der Waals surface area contributed by atoms with E-state index >= 15 is 0 Å². The molecule has 2 heterocycles. The molecule has 0 spiro atoms. The summed E-state index contributed by atoms with van der Waals surface area (Å²) in [4.78, 5) is 10.8. The average Bonchev–Trinajstić information content (AvgIpc) is 2.98. The average molecular weight is 315 g/mol. The lowest BCUT2D eigenvalue weighted by atomic mass is 10.2. The van der Waals surface area contributed by atoms with Crippen LogP contribution in [-0.2, 0) is 6.54 Å². The molecular formula is C16H17N3O2S. The third-order valence-electron chi connectivity index (χ3n) is 3.34. The van der Waals surface area contributed by atoms with E-state index in [4.69, 9.17) is 9.47 Å². The molecule has 22 heavy (non-hydrogen) atoms. The predicted molar refractivity (Wildman–Crippen MR) is 89.1 cm³/mol. The number of nitrogens with zero attached hydrogens (tertiary/aromatic N) is 3. The van der Waals surface area contributed by atoms with Crippen molar-refractivity contribution in [3.63, 3.8) is 0 Å². The Morgan fingerprint density at radius 2 is 1.86 bits per heavy atom. The Hall–Kier alpha value is -2.34. The van der Waals surface area contributed by atoms with Gasteiger partial charge in [0, 0.05) is 25.9 Å². The molecule has 0 saturated heterocycles. The van der Waals surface area contributed by atoms with E-state index in [0.29, 0.717) is 0 Å². The minimum absolute atomic E-state index is 0.723. The van der Waals surface area contributed by atoms with E-state index in [-0.39, 0.29) is 0 Å². The summed E-state index contributed by atoms with van der Waals surface area (Å²) in [5.74, 6) is 1.58. The molecule has 0 radical (unpaired) electrons. The van der Waals surface area contributed by atoms with Crippen LogP contribution in [0.4, 0.5) is 5.13 Å². The van der Waals surface area contributed by atoms with Gasteiger partial charge >= 0.3 is 0 Å². The number of hydrogen-bond donors (Lipinski definition) is 0. The minimum Gasteiger partial charge on any atom is -0.497 e.